The Morgan fingerprint density at radius 2 is 2.17 bits per heavy atom. The van der Waals surface area contributed by atoms with Crippen LogP contribution >= 0.6 is 12.4 Å². The summed E-state index contributed by atoms with van der Waals surface area (Å²) in [5.74, 6) is -0.163. The van der Waals surface area contributed by atoms with Gasteiger partial charge in [0, 0.05) is 36.8 Å². The lowest BCUT2D eigenvalue weighted by Crippen LogP contribution is -2.43. The summed E-state index contributed by atoms with van der Waals surface area (Å²) in [6.07, 6.45) is 0.373. The van der Waals surface area contributed by atoms with Crippen molar-refractivity contribution >= 4 is 29.9 Å². The smallest absolute Gasteiger partial charge is 0.251 e. The van der Waals surface area contributed by atoms with Gasteiger partial charge in [-0.15, -0.1) is 12.4 Å². The molecule has 7 heteroatoms. The van der Waals surface area contributed by atoms with Gasteiger partial charge in [0.05, 0.1) is 13.2 Å². The van der Waals surface area contributed by atoms with Crippen LogP contribution in [0.1, 0.15) is 29.3 Å². The summed E-state index contributed by atoms with van der Waals surface area (Å²) in [5, 5.41) is 8.89. The predicted molar refractivity (Wildman–Crippen MR) is 92.3 cm³/mol. The largest absolute Gasteiger partial charge is 0.378 e. The number of carbonyl (C=O) groups is 2. The Bertz CT molecular complexity index is 545. The summed E-state index contributed by atoms with van der Waals surface area (Å²) in [6.45, 7) is 6.37. The molecule has 6 nitrogen and oxygen atoms in total. The molecule has 0 bridgehead atoms. The number of aryl methyl sites for hydroxylation is 1. The van der Waals surface area contributed by atoms with Gasteiger partial charge in [-0.2, -0.15) is 0 Å². The summed E-state index contributed by atoms with van der Waals surface area (Å²) in [4.78, 5) is 23.8. The van der Waals surface area contributed by atoms with E-state index in [0.29, 0.717) is 31.7 Å². The maximum atomic E-state index is 12.1. The molecule has 1 aliphatic heterocycles. The van der Waals surface area contributed by atoms with Crippen LogP contribution in [-0.4, -0.2) is 44.2 Å². The molecule has 1 saturated heterocycles. The highest BCUT2D eigenvalue weighted by Crippen LogP contribution is 2.17. The highest BCUT2D eigenvalue weighted by molar-refractivity contribution is 5.96. The minimum absolute atomic E-state index is 0. The van der Waals surface area contributed by atoms with E-state index in [-0.39, 0.29) is 30.3 Å². The lowest BCUT2D eigenvalue weighted by molar-refractivity contribution is -0.117. The molecule has 3 N–H and O–H groups in total. The number of benzene rings is 1. The molecule has 0 radical (unpaired) electrons. The van der Waals surface area contributed by atoms with E-state index in [2.05, 4.69) is 16.0 Å². The molecule has 0 spiro atoms. The Kier molecular flexibility index (Phi) is 8.02. The Balaban J connectivity index is 0.00000264. The lowest BCUT2D eigenvalue weighted by Gasteiger charge is -2.23. The molecule has 1 aromatic carbocycles. The molecule has 0 aromatic heterocycles. The minimum Gasteiger partial charge on any atom is -0.378 e. The molecule has 1 unspecified atom stereocenters. The molecule has 1 atom stereocenters. The molecule has 1 aliphatic rings. The van der Waals surface area contributed by atoms with Gasteiger partial charge in [-0.05, 0) is 37.6 Å². The number of amides is 2. The van der Waals surface area contributed by atoms with Gasteiger partial charge in [-0.1, -0.05) is 0 Å². The zero-order chi connectivity index (χ0) is 15.9. The molecule has 0 aliphatic carbocycles. The molecule has 1 aromatic rings. The maximum absolute atomic E-state index is 12.1. The van der Waals surface area contributed by atoms with Crippen LogP contribution in [0.2, 0.25) is 0 Å². The molecular weight excluding hydrogens is 318 g/mol. The molecular formula is C16H24ClN3O3. The topological polar surface area (TPSA) is 79.5 Å². The summed E-state index contributed by atoms with van der Waals surface area (Å²) in [7, 11) is 0. The van der Waals surface area contributed by atoms with Gasteiger partial charge in [0.25, 0.3) is 5.91 Å². The first-order chi connectivity index (χ1) is 10.6. The first-order valence-corrected chi connectivity index (χ1v) is 7.60. The van der Waals surface area contributed by atoms with E-state index >= 15 is 0 Å². The number of carbonyl (C=O) groups excluding carboxylic acids is 2. The second kappa shape index (κ2) is 9.50. The van der Waals surface area contributed by atoms with Gasteiger partial charge < -0.3 is 20.7 Å². The SMILES string of the molecule is CCNC(=O)c1ccc(NC(=O)CC2COCCN2)c(C)c1.Cl. The van der Waals surface area contributed by atoms with Gasteiger partial charge in [0.2, 0.25) is 5.91 Å². The van der Waals surface area contributed by atoms with Crippen molar-refractivity contribution in [1.29, 1.82) is 0 Å². The Labute approximate surface area is 142 Å². The number of rotatable bonds is 5. The number of halogens is 1. The number of hydrogen-bond donors (Lipinski definition) is 3. The van der Waals surface area contributed by atoms with E-state index in [1.165, 1.54) is 0 Å². The van der Waals surface area contributed by atoms with Crippen LogP contribution in [0.3, 0.4) is 0 Å². The zero-order valence-electron chi connectivity index (χ0n) is 13.5. The quantitative estimate of drug-likeness (QED) is 0.758. The van der Waals surface area contributed by atoms with Crippen molar-refractivity contribution in [1.82, 2.24) is 10.6 Å². The molecule has 2 rings (SSSR count). The molecule has 0 saturated carbocycles. The van der Waals surface area contributed by atoms with E-state index in [1.54, 1.807) is 18.2 Å². The van der Waals surface area contributed by atoms with Crippen LogP contribution in [0, 0.1) is 6.92 Å². The van der Waals surface area contributed by atoms with Crippen LogP contribution in [-0.2, 0) is 9.53 Å². The summed E-state index contributed by atoms with van der Waals surface area (Å²) in [5.41, 5.74) is 2.19. The van der Waals surface area contributed by atoms with E-state index in [1.807, 2.05) is 13.8 Å². The fraction of sp³-hybridized carbons (Fsp3) is 0.500. The van der Waals surface area contributed by atoms with Crippen molar-refractivity contribution < 1.29 is 14.3 Å². The number of nitrogens with one attached hydrogen (secondary N) is 3. The van der Waals surface area contributed by atoms with Crippen LogP contribution < -0.4 is 16.0 Å². The van der Waals surface area contributed by atoms with E-state index in [0.717, 1.165) is 17.8 Å². The van der Waals surface area contributed by atoms with Crippen molar-refractivity contribution in [2.24, 2.45) is 0 Å². The highest BCUT2D eigenvalue weighted by Gasteiger charge is 2.17. The average Bonchev–Trinajstić information content (AvgIpc) is 2.50. The Hall–Kier alpha value is -1.63. The lowest BCUT2D eigenvalue weighted by atomic mass is 10.1. The fourth-order valence-electron chi connectivity index (χ4n) is 2.38. The minimum atomic E-state index is -0.105. The van der Waals surface area contributed by atoms with Crippen molar-refractivity contribution in [2.45, 2.75) is 26.3 Å². The third-order valence-electron chi connectivity index (χ3n) is 3.53. The number of morpholine rings is 1. The van der Waals surface area contributed by atoms with E-state index in [4.69, 9.17) is 4.74 Å². The van der Waals surface area contributed by atoms with Crippen molar-refractivity contribution in [3.8, 4) is 0 Å². The van der Waals surface area contributed by atoms with Crippen LogP contribution in [0.15, 0.2) is 18.2 Å². The van der Waals surface area contributed by atoms with Crippen molar-refractivity contribution in [2.75, 3.05) is 31.6 Å². The Morgan fingerprint density at radius 3 is 2.78 bits per heavy atom. The van der Waals surface area contributed by atoms with Gasteiger partial charge >= 0.3 is 0 Å². The van der Waals surface area contributed by atoms with Gasteiger partial charge in [-0.3, -0.25) is 9.59 Å². The second-order valence-electron chi connectivity index (χ2n) is 5.37. The first kappa shape index (κ1) is 19.4. The highest BCUT2D eigenvalue weighted by atomic mass is 35.5. The number of ether oxygens (including phenoxy) is 1. The van der Waals surface area contributed by atoms with E-state index < -0.39 is 0 Å². The number of hydrogen-bond acceptors (Lipinski definition) is 4. The van der Waals surface area contributed by atoms with Crippen molar-refractivity contribution in [3.63, 3.8) is 0 Å². The summed E-state index contributed by atoms with van der Waals surface area (Å²) in [6, 6.07) is 5.32. The predicted octanol–water partition coefficient (Wildman–Crippen LogP) is 1.48. The summed E-state index contributed by atoms with van der Waals surface area (Å²) >= 11 is 0. The standard InChI is InChI=1S/C16H23N3O3.ClH/c1-3-17-16(21)12-4-5-14(11(2)8-12)19-15(20)9-13-10-22-7-6-18-13;/h4-5,8,13,18H,3,6-7,9-10H2,1-2H3,(H,17,21)(H,19,20);1H. The van der Waals surface area contributed by atoms with Crippen LogP contribution in [0.25, 0.3) is 0 Å². The number of anilines is 1. The van der Waals surface area contributed by atoms with Gasteiger partial charge in [0.1, 0.15) is 0 Å². The van der Waals surface area contributed by atoms with Gasteiger partial charge in [-0.25, -0.2) is 0 Å². The Morgan fingerprint density at radius 1 is 1.39 bits per heavy atom. The molecule has 1 heterocycles. The summed E-state index contributed by atoms with van der Waals surface area (Å²) < 4.78 is 5.34. The monoisotopic (exact) mass is 341 g/mol. The molecule has 128 valence electrons. The normalized spacial score (nSPS) is 17.0. The van der Waals surface area contributed by atoms with Crippen LogP contribution in [0.4, 0.5) is 5.69 Å². The average molecular weight is 342 g/mol. The zero-order valence-corrected chi connectivity index (χ0v) is 14.3. The van der Waals surface area contributed by atoms with Crippen LogP contribution in [0.5, 0.6) is 0 Å². The molecule has 1 fully saturated rings. The fourth-order valence-corrected chi connectivity index (χ4v) is 2.38. The third kappa shape index (κ3) is 5.82. The first-order valence-electron chi connectivity index (χ1n) is 7.60. The second-order valence-corrected chi connectivity index (χ2v) is 5.37. The van der Waals surface area contributed by atoms with Gasteiger partial charge in [0.15, 0.2) is 0 Å². The third-order valence-corrected chi connectivity index (χ3v) is 3.53. The molecule has 23 heavy (non-hydrogen) atoms. The molecule has 2 amide bonds. The maximum Gasteiger partial charge on any atom is 0.251 e. The van der Waals surface area contributed by atoms with E-state index in [9.17, 15) is 9.59 Å². The van der Waals surface area contributed by atoms with Crippen molar-refractivity contribution in [3.05, 3.63) is 29.3 Å².